The van der Waals surface area contributed by atoms with Gasteiger partial charge in [-0.15, -0.1) is 0 Å². The van der Waals surface area contributed by atoms with Crippen molar-refractivity contribution in [3.63, 3.8) is 0 Å². The lowest BCUT2D eigenvalue weighted by atomic mass is 10.2. The largest absolute Gasteiger partial charge is 0.337 e. The number of benzene rings is 1. The molecule has 0 saturated carbocycles. The Balaban J connectivity index is 1.95. The fraction of sp³-hybridized carbons (Fsp3) is 0.250. The summed E-state index contributed by atoms with van der Waals surface area (Å²) in [5.74, 6) is 0.989. The van der Waals surface area contributed by atoms with E-state index >= 15 is 0 Å². The van der Waals surface area contributed by atoms with Crippen LogP contribution in [0.3, 0.4) is 0 Å². The fourth-order valence-corrected chi connectivity index (χ4v) is 1.95. The lowest BCUT2D eigenvalue weighted by Gasteiger charge is -2.07. The molecule has 1 aromatic heterocycles. The van der Waals surface area contributed by atoms with Crippen LogP contribution in [0.4, 0.5) is 0 Å². The zero-order valence-electron chi connectivity index (χ0n) is 9.45. The number of aromatic nitrogens is 2. The van der Waals surface area contributed by atoms with Crippen LogP contribution in [0, 0.1) is 0 Å². The molecule has 1 aromatic carbocycles. The van der Waals surface area contributed by atoms with E-state index in [4.69, 9.17) is 23.2 Å². The summed E-state index contributed by atoms with van der Waals surface area (Å²) in [6.07, 6.45) is 3.70. The van der Waals surface area contributed by atoms with Gasteiger partial charge in [-0.2, -0.15) is 0 Å². The lowest BCUT2D eigenvalue weighted by molar-refractivity contribution is 0.639. The normalized spacial score (nSPS) is 10.8. The van der Waals surface area contributed by atoms with Crippen molar-refractivity contribution in [3.05, 3.63) is 52.0 Å². The minimum atomic E-state index is 0.586. The molecule has 0 aliphatic rings. The van der Waals surface area contributed by atoms with Gasteiger partial charge in [0.05, 0.1) is 16.6 Å². The third kappa shape index (κ3) is 3.00. The third-order valence-electron chi connectivity index (χ3n) is 2.55. The first-order valence-electron chi connectivity index (χ1n) is 5.28. The average molecular weight is 270 g/mol. The maximum atomic E-state index is 6.09. The highest BCUT2D eigenvalue weighted by Gasteiger charge is 2.04. The Morgan fingerprint density at radius 2 is 2.12 bits per heavy atom. The van der Waals surface area contributed by atoms with Gasteiger partial charge in [0.25, 0.3) is 0 Å². The number of hydrogen-bond acceptors (Lipinski definition) is 2. The standard InChI is InChI=1S/C12H13Cl2N3/c1-17-6-5-16-11(17)8-15-7-9-3-2-4-10(13)12(9)14/h2-6,15H,7-8H2,1H3. The first-order chi connectivity index (χ1) is 8.18. The highest BCUT2D eigenvalue weighted by Crippen LogP contribution is 2.25. The molecule has 0 spiro atoms. The summed E-state index contributed by atoms with van der Waals surface area (Å²) < 4.78 is 1.98. The van der Waals surface area contributed by atoms with E-state index in [0.29, 0.717) is 23.1 Å². The van der Waals surface area contributed by atoms with Crippen molar-refractivity contribution in [3.8, 4) is 0 Å². The molecule has 17 heavy (non-hydrogen) atoms. The summed E-state index contributed by atoms with van der Waals surface area (Å²) in [6, 6.07) is 5.64. The van der Waals surface area contributed by atoms with Crippen molar-refractivity contribution >= 4 is 23.2 Å². The smallest absolute Gasteiger partial charge is 0.122 e. The molecule has 5 heteroatoms. The second-order valence-electron chi connectivity index (χ2n) is 3.77. The molecule has 0 atom stereocenters. The molecule has 90 valence electrons. The molecule has 0 radical (unpaired) electrons. The van der Waals surface area contributed by atoms with Gasteiger partial charge < -0.3 is 9.88 Å². The summed E-state index contributed by atoms with van der Waals surface area (Å²) in [5.41, 5.74) is 0.994. The maximum Gasteiger partial charge on any atom is 0.122 e. The van der Waals surface area contributed by atoms with Gasteiger partial charge in [-0.1, -0.05) is 35.3 Å². The molecule has 0 unspecified atom stereocenters. The molecule has 1 N–H and O–H groups in total. The van der Waals surface area contributed by atoms with Crippen LogP contribution in [-0.2, 0) is 20.1 Å². The van der Waals surface area contributed by atoms with Crippen LogP contribution in [0.2, 0.25) is 10.0 Å². The SMILES string of the molecule is Cn1ccnc1CNCc1cccc(Cl)c1Cl. The molecule has 3 nitrogen and oxygen atoms in total. The number of halogens is 2. The molecular weight excluding hydrogens is 257 g/mol. The van der Waals surface area contributed by atoms with Crippen molar-refractivity contribution in [1.82, 2.24) is 14.9 Å². The second kappa shape index (κ2) is 5.54. The van der Waals surface area contributed by atoms with Crippen LogP contribution in [0.1, 0.15) is 11.4 Å². The minimum Gasteiger partial charge on any atom is -0.337 e. The molecule has 2 aromatic rings. The van der Waals surface area contributed by atoms with Crippen molar-refractivity contribution in [2.45, 2.75) is 13.1 Å². The monoisotopic (exact) mass is 269 g/mol. The van der Waals surface area contributed by atoms with E-state index in [0.717, 1.165) is 11.4 Å². The number of nitrogens with one attached hydrogen (secondary N) is 1. The number of hydrogen-bond donors (Lipinski definition) is 1. The van der Waals surface area contributed by atoms with Crippen molar-refractivity contribution < 1.29 is 0 Å². The van der Waals surface area contributed by atoms with E-state index in [1.807, 2.05) is 29.9 Å². The lowest BCUT2D eigenvalue weighted by Crippen LogP contribution is -2.15. The van der Waals surface area contributed by atoms with Gasteiger partial charge in [0.1, 0.15) is 5.82 Å². The van der Waals surface area contributed by atoms with E-state index in [1.165, 1.54) is 0 Å². The predicted molar refractivity (Wildman–Crippen MR) is 70.2 cm³/mol. The molecule has 0 aliphatic heterocycles. The molecule has 0 aliphatic carbocycles. The topological polar surface area (TPSA) is 29.9 Å². The van der Waals surface area contributed by atoms with E-state index < -0.39 is 0 Å². The molecule has 0 fully saturated rings. The summed E-state index contributed by atoms with van der Waals surface area (Å²) >= 11 is 12.0. The van der Waals surface area contributed by atoms with Crippen LogP contribution in [0.5, 0.6) is 0 Å². The fourth-order valence-electron chi connectivity index (χ4n) is 1.56. The van der Waals surface area contributed by atoms with Gasteiger partial charge in [0.15, 0.2) is 0 Å². The number of nitrogens with zero attached hydrogens (tertiary/aromatic N) is 2. The van der Waals surface area contributed by atoms with Crippen LogP contribution in [-0.4, -0.2) is 9.55 Å². The van der Waals surface area contributed by atoms with Crippen LogP contribution >= 0.6 is 23.2 Å². The van der Waals surface area contributed by atoms with Crippen LogP contribution in [0.25, 0.3) is 0 Å². The van der Waals surface area contributed by atoms with Crippen molar-refractivity contribution in [2.24, 2.45) is 7.05 Å². The Bertz CT molecular complexity index is 508. The van der Waals surface area contributed by atoms with Gasteiger partial charge >= 0.3 is 0 Å². The Morgan fingerprint density at radius 3 is 2.82 bits per heavy atom. The van der Waals surface area contributed by atoms with Gasteiger partial charge in [-0.25, -0.2) is 4.98 Å². The summed E-state index contributed by atoms with van der Waals surface area (Å²) in [5, 5.41) is 4.49. The first kappa shape index (κ1) is 12.4. The summed E-state index contributed by atoms with van der Waals surface area (Å²) in [4.78, 5) is 4.23. The quantitative estimate of drug-likeness (QED) is 0.925. The second-order valence-corrected chi connectivity index (χ2v) is 4.56. The van der Waals surface area contributed by atoms with Crippen LogP contribution in [0.15, 0.2) is 30.6 Å². The Morgan fingerprint density at radius 1 is 1.29 bits per heavy atom. The number of aryl methyl sites for hydroxylation is 1. The van der Waals surface area contributed by atoms with Gasteiger partial charge in [0.2, 0.25) is 0 Å². The molecule has 0 saturated heterocycles. The summed E-state index contributed by atoms with van der Waals surface area (Å²) in [7, 11) is 1.97. The highest BCUT2D eigenvalue weighted by atomic mass is 35.5. The minimum absolute atomic E-state index is 0.586. The number of imidazole rings is 1. The van der Waals surface area contributed by atoms with E-state index in [9.17, 15) is 0 Å². The highest BCUT2D eigenvalue weighted by molar-refractivity contribution is 6.42. The molecule has 0 amide bonds. The first-order valence-corrected chi connectivity index (χ1v) is 6.04. The number of rotatable bonds is 4. The van der Waals surface area contributed by atoms with Crippen molar-refractivity contribution in [1.29, 1.82) is 0 Å². The Labute approximate surface area is 110 Å². The molecule has 0 bridgehead atoms. The molecule has 2 rings (SSSR count). The zero-order chi connectivity index (χ0) is 12.3. The maximum absolute atomic E-state index is 6.09. The molecular formula is C12H13Cl2N3. The predicted octanol–water partition coefficient (Wildman–Crippen LogP) is 3.02. The van der Waals surface area contributed by atoms with E-state index in [2.05, 4.69) is 10.3 Å². The van der Waals surface area contributed by atoms with Gasteiger partial charge in [-0.3, -0.25) is 0 Å². The summed E-state index contributed by atoms with van der Waals surface area (Å²) in [6.45, 7) is 1.37. The zero-order valence-corrected chi connectivity index (χ0v) is 11.0. The van der Waals surface area contributed by atoms with Gasteiger partial charge in [-0.05, 0) is 11.6 Å². The molecule has 1 heterocycles. The average Bonchev–Trinajstić information content (AvgIpc) is 2.71. The van der Waals surface area contributed by atoms with E-state index in [-0.39, 0.29) is 0 Å². The third-order valence-corrected chi connectivity index (χ3v) is 3.41. The van der Waals surface area contributed by atoms with Gasteiger partial charge in [0, 0.05) is 26.0 Å². The Kier molecular flexibility index (Phi) is 4.05. The Hall–Kier alpha value is -1.03. The van der Waals surface area contributed by atoms with Crippen molar-refractivity contribution in [2.75, 3.05) is 0 Å². The van der Waals surface area contributed by atoms with Crippen LogP contribution < -0.4 is 5.32 Å². The van der Waals surface area contributed by atoms with E-state index in [1.54, 1.807) is 12.3 Å².